The third-order valence-corrected chi connectivity index (χ3v) is 4.82. The second kappa shape index (κ2) is 9.44. The fraction of sp³-hybridized carbons (Fsp3) is 0.722. The van der Waals surface area contributed by atoms with Crippen LogP contribution in [0, 0.1) is 0 Å². The van der Waals surface area contributed by atoms with E-state index in [4.69, 9.17) is 0 Å². The number of nitrogens with one attached hydrogen (secondary N) is 2. The first-order valence-corrected chi connectivity index (χ1v) is 9.41. The molecule has 1 amide bonds. The highest BCUT2D eigenvalue weighted by molar-refractivity contribution is 5.96. The molecule has 0 aromatic carbocycles. The fourth-order valence-electron chi connectivity index (χ4n) is 3.35. The lowest BCUT2D eigenvalue weighted by Crippen LogP contribution is -2.41. The number of nitrogens with zero attached hydrogens (tertiary/aromatic N) is 1. The minimum atomic E-state index is -0.835. The first-order valence-electron chi connectivity index (χ1n) is 9.41. The standard InChI is InChI=1S/C18H29N3O4/c1-2-3-4-5-9-12-21-17(24)14(16(23)20-18(21)25)15(22)19-13-10-7-6-8-11-13/h13,24H,2-12H2,1H3,(H,19,22)(H,20,23,25). The molecule has 0 spiro atoms. The van der Waals surface area contributed by atoms with E-state index in [1.807, 2.05) is 0 Å². The Balaban J connectivity index is 2.11. The van der Waals surface area contributed by atoms with Crippen LogP contribution in [0.5, 0.6) is 5.88 Å². The van der Waals surface area contributed by atoms with Crippen molar-refractivity contribution in [3.05, 3.63) is 26.4 Å². The number of rotatable bonds is 8. The lowest BCUT2D eigenvalue weighted by molar-refractivity contribution is 0.0921. The maximum Gasteiger partial charge on any atom is 0.331 e. The van der Waals surface area contributed by atoms with Gasteiger partial charge in [0.15, 0.2) is 5.56 Å². The second-order valence-corrected chi connectivity index (χ2v) is 6.83. The van der Waals surface area contributed by atoms with E-state index in [1.165, 1.54) is 0 Å². The predicted molar refractivity (Wildman–Crippen MR) is 96.1 cm³/mol. The van der Waals surface area contributed by atoms with Crippen LogP contribution < -0.4 is 16.6 Å². The minimum Gasteiger partial charge on any atom is -0.494 e. The van der Waals surface area contributed by atoms with Gasteiger partial charge in [-0.05, 0) is 19.3 Å². The topological polar surface area (TPSA) is 104 Å². The van der Waals surface area contributed by atoms with Crippen molar-refractivity contribution in [3.63, 3.8) is 0 Å². The molecule has 140 valence electrons. The Morgan fingerprint density at radius 3 is 2.52 bits per heavy atom. The average molecular weight is 351 g/mol. The molecule has 1 aliphatic rings. The fourth-order valence-corrected chi connectivity index (χ4v) is 3.35. The van der Waals surface area contributed by atoms with Crippen molar-refractivity contribution < 1.29 is 9.90 Å². The van der Waals surface area contributed by atoms with Gasteiger partial charge in [-0.3, -0.25) is 19.1 Å². The summed E-state index contributed by atoms with van der Waals surface area (Å²) in [5.41, 5.74) is -1.87. The van der Waals surface area contributed by atoms with Crippen LogP contribution in [0.2, 0.25) is 0 Å². The smallest absolute Gasteiger partial charge is 0.331 e. The number of hydrogen-bond donors (Lipinski definition) is 3. The van der Waals surface area contributed by atoms with Gasteiger partial charge in [-0.25, -0.2) is 4.79 Å². The molecule has 0 bridgehead atoms. The SMILES string of the molecule is CCCCCCCn1c(O)c(C(=O)NC2CCCCC2)c(=O)[nH]c1=O. The van der Waals surface area contributed by atoms with Crippen molar-refractivity contribution in [2.24, 2.45) is 0 Å². The lowest BCUT2D eigenvalue weighted by Gasteiger charge is -2.22. The van der Waals surface area contributed by atoms with Crippen LogP contribution in [0.25, 0.3) is 0 Å². The molecular formula is C18H29N3O4. The van der Waals surface area contributed by atoms with Crippen molar-refractivity contribution >= 4 is 5.91 Å². The summed E-state index contributed by atoms with van der Waals surface area (Å²) in [6, 6.07) is 0.0227. The van der Waals surface area contributed by atoms with Crippen molar-refractivity contribution in [2.75, 3.05) is 0 Å². The summed E-state index contributed by atoms with van der Waals surface area (Å²) in [4.78, 5) is 38.6. The van der Waals surface area contributed by atoms with Gasteiger partial charge in [0.1, 0.15) is 0 Å². The molecular weight excluding hydrogens is 322 g/mol. The summed E-state index contributed by atoms with van der Waals surface area (Å²) in [5.74, 6) is -1.14. The molecule has 1 aromatic rings. The molecule has 1 saturated carbocycles. The monoisotopic (exact) mass is 351 g/mol. The number of carbonyl (C=O) groups excluding carboxylic acids is 1. The molecule has 25 heavy (non-hydrogen) atoms. The third kappa shape index (κ3) is 5.21. The van der Waals surface area contributed by atoms with Gasteiger partial charge in [-0.15, -0.1) is 0 Å². The highest BCUT2D eigenvalue weighted by atomic mass is 16.3. The summed E-state index contributed by atoms with van der Waals surface area (Å²) in [7, 11) is 0. The van der Waals surface area contributed by atoms with Crippen LogP contribution in [0.1, 0.15) is 81.5 Å². The zero-order valence-electron chi connectivity index (χ0n) is 15.0. The largest absolute Gasteiger partial charge is 0.494 e. The highest BCUT2D eigenvalue weighted by Crippen LogP contribution is 2.19. The zero-order valence-corrected chi connectivity index (χ0v) is 15.0. The van der Waals surface area contributed by atoms with E-state index < -0.39 is 23.0 Å². The molecule has 0 radical (unpaired) electrons. The molecule has 2 rings (SSSR count). The Labute approximate surface area is 147 Å². The van der Waals surface area contributed by atoms with Gasteiger partial charge >= 0.3 is 5.69 Å². The number of H-pyrrole nitrogens is 1. The van der Waals surface area contributed by atoms with Gasteiger partial charge < -0.3 is 10.4 Å². The Morgan fingerprint density at radius 2 is 1.84 bits per heavy atom. The van der Waals surface area contributed by atoms with Crippen LogP contribution in [0.15, 0.2) is 9.59 Å². The predicted octanol–water partition coefficient (Wildman–Crippen LogP) is 2.28. The van der Waals surface area contributed by atoms with E-state index in [0.717, 1.165) is 62.4 Å². The molecule has 0 unspecified atom stereocenters. The number of unbranched alkanes of at least 4 members (excludes halogenated alkanes) is 4. The molecule has 0 aliphatic heterocycles. The van der Waals surface area contributed by atoms with Crippen LogP contribution in [-0.4, -0.2) is 26.6 Å². The number of aromatic nitrogens is 2. The van der Waals surface area contributed by atoms with Crippen molar-refractivity contribution in [1.82, 2.24) is 14.9 Å². The molecule has 0 saturated heterocycles. The summed E-state index contributed by atoms with van der Waals surface area (Å²) in [6.07, 6.45) is 9.95. The van der Waals surface area contributed by atoms with Crippen molar-refractivity contribution in [2.45, 2.75) is 83.7 Å². The number of amides is 1. The Bertz CT molecular complexity index is 687. The zero-order chi connectivity index (χ0) is 18.2. The van der Waals surface area contributed by atoms with Gasteiger partial charge in [0, 0.05) is 12.6 Å². The van der Waals surface area contributed by atoms with Crippen molar-refractivity contribution in [3.8, 4) is 5.88 Å². The first-order chi connectivity index (χ1) is 12.0. The van der Waals surface area contributed by atoms with Crippen molar-refractivity contribution in [1.29, 1.82) is 0 Å². The van der Waals surface area contributed by atoms with Gasteiger partial charge in [0.05, 0.1) is 0 Å². The van der Waals surface area contributed by atoms with Gasteiger partial charge in [-0.2, -0.15) is 0 Å². The Morgan fingerprint density at radius 1 is 1.16 bits per heavy atom. The average Bonchev–Trinajstić information content (AvgIpc) is 2.57. The number of aromatic hydroxyl groups is 1. The van der Waals surface area contributed by atoms with E-state index in [-0.39, 0.29) is 18.2 Å². The summed E-state index contributed by atoms with van der Waals surface area (Å²) in [5, 5.41) is 13.1. The Hall–Kier alpha value is -2.05. The number of aromatic amines is 1. The van der Waals surface area contributed by atoms with Crippen LogP contribution >= 0.6 is 0 Å². The van der Waals surface area contributed by atoms with Crippen LogP contribution in [-0.2, 0) is 6.54 Å². The van der Waals surface area contributed by atoms with E-state index in [0.29, 0.717) is 6.42 Å². The van der Waals surface area contributed by atoms with Gasteiger partial charge in [-0.1, -0.05) is 51.9 Å². The molecule has 1 aromatic heterocycles. The van der Waals surface area contributed by atoms with Gasteiger partial charge in [0.2, 0.25) is 5.88 Å². The minimum absolute atomic E-state index is 0.0227. The van der Waals surface area contributed by atoms with E-state index in [9.17, 15) is 19.5 Å². The normalized spacial score (nSPS) is 15.2. The molecule has 7 heteroatoms. The van der Waals surface area contributed by atoms with E-state index in [2.05, 4.69) is 17.2 Å². The first kappa shape index (κ1) is 19.3. The molecule has 1 fully saturated rings. The second-order valence-electron chi connectivity index (χ2n) is 6.83. The van der Waals surface area contributed by atoms with E-state index >= 15 is 0 Å². The van der Waals surface area contributed by atoms with Crippen LogP contribution in [0.4, 0.5) is 0 Å². The Kier molecular flexibility index (Phi) is 7.28. The highest BCUT2D eigenvalue weighted by Gasteiger charge is 2.24. The quantitative estimate of drug-likeness (QED) is 0.625. The maximum absolute atomic E-state index is 12.4. The molecule has 1 heterocycles. The lowest BCUT2D eigenvalue weighted by atomic mass is 9.95. The molecule has 7 nitrogen and oxygen atoms in total. The van der Waals surface area contributed by atoms with Gasteiger partial charge in [0.25, 0.3) is 11.5 Å². The third-order valence-electron chi connectivity index (χ3n) is 4.82. The number of carbonyl (C=O) groups is 1. The molecule has 3 N–H and O–H groups in total. The molecule has 1 aliphatic carbocycles. The summed E-state index contributed by atoms with van der Waals surface area (Å²) >= 11 is 0. The van der Waals surface area contributed by atoms with Crippen LogP contribution in [0.3, 0.4) is 0 Å². The summed E-state index contributed by atoms with van der Waals surface area (Å²) < 4.78 is 1.09. The molecule has 0 atom stereocenters. The number of hydrogen-bond acceptors (Lipinski definition) is 4. The maximum atomic E-state index is 12.4. The van der Waals surface area contributed by atoms with E-state index in [1.54, 1.807) is 0 Å². The summed E-state index contributed by atoms with van der Waals surface area (Å²) in [6.45, 7) is 2.41.